The van der Waals surface area contributed by atoms with Gasteiger partial charge in [-0.05, 0) is 169 Å². The van der Waals surface area contributed by atoms with Gasteiger partial charge < -0.3 is 15.7 Å². The number of allylic oxidation sites excluding steroid dienone is 2. The molecule has 5 heteroatoms. The van der Waals surface area contributed by atoms with Crippen molar-refractivity contribution in [3.05, 3.63) is 41.5 Å². The lowest BCUT2D eigenvalue weighted by Gasteiger charge is -2.72. The molecule has 0 aromatic heterocycles. The molecule has 1 aromatic rings. The fourth-order valence-electron chi connectivity index (χ4n) is 14.1. The van der Waals surface area contributed by atoms with Crippen LogP contribution >= 0.6 is 0 Å². The first-order valence-electron chi connectivity index (χ1n) is 20.5. The van der Waals surface area contributed by atoms with Crippen LogP contribution in [0.3, 0.4) is 0 Å². The molecule has 0 bridgehead atoms. The summed E-state index contributed by atoms with van der Waals surface area (Å²) in [6, 6.07) is 7.69. The number of benzene rings is 1. The van der Waals surface area contributed by atoms with Crippen LogP contribution in [0.2, 0.25) is 0 Å². The first-order valence-corrected chi connectivity index (χ1v) is 20.5. The second-order valence-corrected chi connectivity index (χ2v) is 20.5. The fraction of sp³-hybridized carbons (Fsp3) is 0.778. The lowest BCUT2D eigenvalue weighted by Crippen LogP contribution is -2.69. The number of carbonyl (C=O) groups excluding carboxylic acids is 1. The van der Waals surface area contributed by atoms with Gasteiger partial charge in [0.25, 0.3) is 0 Å². The smallest absolute Gasteiger partial charge is 0.335 e. The van der Waals surface area contributed by atoms with Crippen molar-refractivity contribution in [2.75, 3.05) is 6.54 Å². The second kappa shape index (κ2) is 12.1. The van der Waals surface area contributed by atoms with Crippen molar-refractivity contribution >= 4 is 17.6 Å². The Kier molecular flexibility index (Phi) is 8.75. The average Bonchev–Trinajstić information content (AvgIpc) is 3.68. The number of urea groups is 1. The Labute approximate surface area is 303 Å². The lowest BCUT2D eigenvalue weighted by molar-refractivity contribution is -0.221. The molecule has 2 amide bonds. The topological polar surface area (TPSA) is 78.4 Å². The molecule has 50 heavy (non-hydrogen) atoms. The van der Waals surface area contributed by atoms with E-state index >= 15 is 0 Å². The quantitative estimate of drug-likeness (QED) is 0.255. The third-order valence-corrected chi connectivity index (χ3v) is 17.8. The highest BCUT2D eigenvalue weighted by Crippen LogP contribution is 2.78. The summed E-state index contributed by atoms with van der Waals surface area (Å²) in [5.41, 5.74) is 4.09. The maximum Gasteiger partial charge on any atom is 0.335 e. The summed E-state index contributed by atoms with van der Waals surface area (Å²) in [5, 5.41) is 16.6. The number of carboxylic acid groups (broad SMARTS) is 1. The zero-order valence-corrected chi connectivity index (χ0v) is 32.9. The third-order valence-electron chi connectivity index (χ3n) is 17.8. The molecular weight excluding hydrogens is 617 g/mol. The van der Waals surface area contributed by atoms with E-state index in [2.05, 4.69) is 79.0 Å². The minimum atomic E-state index is -0.863. The van der Waals surface area contributed by atoms with Gasteiger partial charge >= 0.3 is 12.0 Å². The number of hydrogen-bond donors (Lipinski definition) is 3. The van der Waals surface area contributed by atoms with Crippen LogP contribution in [0.4, 0.5) is 4.79 Å². The van der Waals surface area contributed by atoms with Gasteiger partial charge in [-0.2, -0.15) is 0 Å². The number of rotatable bonds is 8. The van der Waals surface area contributed by atoms with Crippen molar-refractivity contribution in [1.29, 1.82) is 0 Å². The Bertz CT molecular complexity index is 1520. The van der Waals surface area contributed by atoms with Gasteiger partial charge in [-0.3, -0.25) is 0 Å². The fourth-order valence-corrected chi connectivity index (χ4v) is 14.1. The Morgan fingerprint density at radius 1 is 0.800 bits per heavy atom. The van der Waals surface area contributed by atoms with Gasteiger partial charge in [-0.1, -0.05) is 80.5 Å². The van der Waals surface area contributed by atoms with E-state index in [9.17, 15) is 14.7 Å². The highest BCUT2D eigenvalue weighted by atomic mass is 16.4. The molecule has 276 valence electrons. The molecule has 0 aliphatic heterocycles. The van der Waals surface area contributed by atoms with E-state index in [1.54, 1.807) is 12.1 Å². The van der Waals surface area contributed by atoms with Crippen LogP contribution in [-0.2, 0) is 0 Å². The number of carbonyl (C=O) groups is 2. The van der Waals surface area contributed by atoms with Crippen molar-refractivity contribution in [2.45, 2.75) is 145 Å². The van der Waals surface area contributed by atoms with Gasteiger partial charge in [0.05, 0.1) is 5.56 Å². The van der Waals surface area contributed by atoms with E-state index in [1.807, 2.05) is 12.1 Å². The summed E-state index contributed by atoms with van der Waals surface area (Å²) in [4.78, 5) is 25.3. The van der Waals surface area contributed by atoms with E-state index in [0.29, 0.717) is 52.4 Å². The van der Waals surface area contributed by atoms with E-state index in [0.717, 1.165) is 32.2 Å². The molecule has 10 atom stereocenters. The largest absolute Gasteiger partial charge is 0.478 e. The zero-order valence-electron chi connectivity index (χ0n) is 32.9. The molecule has 0 spiro atoms. The van der Waals surface area contributed by atoms with E-state index < -0.39 is 5.97 Å². The molecule has 3 unspecified atom stereocenters. The molecule has 0 heterocycles. The summed E-state index contributed by atoms with van der Waals surface area (Å²) < 4.78 is 0. The van der Waals surface area contributed by atoms with Crippen LogP contribution in [-0.4, -0.2) is 29.2 Å². The van der Waals surface area contributed by atoms with Crippen LogP contribution in [0.5, 0.6) is 0 Å². The molecular formula is C45H68N2O3. The van der Waals surface area contributed by atoms with Crippen LogP contribution in [0, 0.1) is 68.5 Å². The molecule has 0 radical (unpaired) electrons. The lowest BCUT2D eigenvalue weighted by atomic mass is 9.32. The maximum absolute atomic E-state index is 13.7. The highest BCUT2D eigenvalue weighted by Gasteiger charge is 2.72. The molecule has 3 N–H and O–H groups in total. The van der Waals surface area contributed by atoms with Gasteiger partial charge in [0.2, 0.25) is 0 Å². The predicted octanol–water partition coefficient (Wildman–Crippen LogP) is 11.0. The molecule has 5 saturated carbocycles. The Morgan fingerprint density at radius 3 is 2.14 bits per heavy atom. The Hall–Kier alpha value is -2.30. The number of nitrogens with one attached hydrogen (secondary N) is 2. The normalized spacial score (nSPS) is 41.5. The Morgan fingerprint density at radius 2 is 1.50 bits per heavy atom. The monoisotopic (exact) mass is 685 g/mol. The number of hydrogen-bond acceptors (Lipinski definition) is 2. The number of carboxylic acids is 1. The minimum absolute atomic E-state index is 0.0138. The van der Waals surface area contributed by atoms with Gasteiger partial charge in [0, 0.05) is 12.1 Å². The standard InChI is InChI=1S/C45H68N2O3/c1-28(2)29(3)19-27-46-39(50)47-45-22-17-33(41(6)23-24-41)37(45)34-14-15-36-42(7)20-16-32(30-10-12-31(13-11-30)38(48)49)40(4,5)35(42)18-21-44(36,9)43(34,8)25-26-45/h10-13,16,28-29,33-37H,14-15,17-27H2,1-9H3,(H,48,49)(H2,46,47,50)/t29?,33-,34-,35+,36?,37?,42+,43-,44-,45+/m1/s1. The number of fused-ring (bicyclic) bond motifs is 7. The maximum atomic E-state index is 13.7. The minimum Gasteiger partial charge on any atom is -0.478 e. The first kappa shape index (κ1) is 36.1. The molecule has 1 aromatic carbocycles. The van der Waals surface area contributed by atoms with E-state index in [1.165, 1.54) is 62.5 Å². The summed E-state index contributed by atoms with van der Waals surface area (Å²) in [5.74, 6) is 3.58. The van der Waals surface area contributed by atoms with E-state index in [-0.39, 0.29) is 33.2 Å². The van der Waals surface area contributed by atoms with Crippen molar-refractivity contribution in [3.63, 3.8) is 0 Å². The molecule has 0 saturated heterocycles. The van der Waals surface area contributed by atoms with Crippen LogP contribution in [0.15, 0.2) is 30.3 Å². The average molecular weight is 685 g/mol. The van der Waals surface area contributed by atoms with Gasteiger partial charge in [0.1, 0.15) is 0 Å². The summed E-state index contributed by atoms with van der Waals surface area (Å²) >= 11 is 0. The van der Waals surface area contributed by atoms with Gasteiger partial charge in [-0.15, -0.1) is 0 Å². The van der Waals surface area contributed by atoms with Gasteiger partial charge in [0.15, 0.2) is 0 Å². The van der Waals surface area contributed by atoms with Gasteiger partial charge in [-0.25, -0.2) is 9.59 Å². The summed E-state index contributed by atoms with van der Waals surface area (Å²) in [6.07, 6.45) is 17.3. The zero-order chi connectivity index (χ0) is 36.1. The van der Waals surface area contributed by atoms with Crippen molar-refractivity contribution in [2.24, 2.45) is 68.5 Å². The second-order valence-electron chi connectivity index (χ2n) is 20.5. The predicted molar refractivity (Wildman–Crippen MR) is 204 cm³/mol. The SMILES string of the molecule is CC(C)C(C)CCNC(=O)N[C@]12CC[C@@H](C3(C)CC3)C1[C@H]1CCC3[C@@]4(C)CC=C(c5ccc(C(=O)O)cc5)C(C)(C)[C@@H]4CC[C@@]3(C)[C@]1(C)CC2. The number of aromatic carboxylic acids is 1. The molecule has 5 nitrogen and oxygen atoms in total. The molecule has 6 aliphatic rings. The molecule has 5 fully saturated rings. The van der Waals surface area contributed by atoms with Crippen LogP contribution in [0.1, 0.15) is 155 Å². The summed E-state index contributed by atoms with van der Waals surface area (Å²) in [6.45, 7) is 23.2. The van der Waals surface area contributed by atoms with E-state index in [4.69, 9.17) is 0 Å². The van der Waals surface area contributed by atoms with Crippen molar-refractivity contribution in [1.82, 2.24) is 10.6 Å². The summed E-state index contributed by atoms with van der Waals surface area (Å²) in [7, 11) is 0. The number of amides is 2. The first-order chi connectivity index (χ1) is 23.4. The van der Waals surface area contributed by atoms with Crippen molar-refractivity contribution in [3.8, 4) is 0 Å². The molecule has 6 aliphatic carbocycles. The van der Waals surface area contributed by atoms with Crippen LogP contribution < -0.4 is 10.6 Å². The highest BCUT2D eigenvalue weighted by molar-refractivity contribution is 5.88. The Balaban J connectivity index is 1.16. The van der Waals surface area contributed by atoms with Crippen molar-refractivity contribution < 1.29 is 14.7 Å². The van der Waals surface area contributed by atoms with Crippen LogP contribution in [0.25, 0.3) is 5.57 Å². The third kappa shape index (κ3) is 5.35. The molecule has 7 rings (SSSR count).